The van der Waals surface area contributed by atoms with Crippen LogP contribution in [-0.4, -0.2) is 18.4 Å². The highest BCUT2D eigenvalue weighted by Gasteiger charge is 2.09. The number of nitrogens with zero attached hydrogens (tertiary/aromatic N) is 1. The van der Waals surface area contributed by atoms with Gasteiger partial charge in [0, 0.05) is 12.1 Å². The summed E-state index contributed by atoms with van der Waals surface area (Å²) in [6.45, 7) is 3.97. The molecule has 0 saturated carbocycles. The zero-order valence-electron chi connectivity index (χ0n) is 4.85. The second kappa shape index (κ2) is 1.89. The van der Waals surface area contributed by atoms with Gasteiger partial charge in [-0.1, -0.05) is 6.58 Å². The molecule has 4 heteroatoms. The van der Waals surface area contributed by atoms with Crippen LogP contribution in [0.1, 0.15) is 0 Å². The van der Waals surface area contributed by atoms with Crippen LogP contribution >= 0.6 is 0 Å². The zero-order chi connectivity index (χ0) is 6.85. The number of aliphatic imine (C=N–C) groups is 1. The number of carbonyl (C=O) groups excluding carboxylic acids is 1. The maximum absolute atomic E-state index is 10.4. The molecule has 0 unspecified atom stereocenters. The van der Waals surface area contributed by atoms with E-state index >= 15 is 0 Å². The lowest BCUT2D eigenvalue weighted by molar-refractivity contribution is 0.249. The van der Waals surface area contributed by atoms with Gasteiger partial charge in [-0.15, -0.1) is 0 Å². The lowest BCUT2D eigenvalue weighted by atomic mass is 10.2. The van der Waals surface area contributed by atoms with E-state index in [4.69, 9.17) is 5.73 Å². The summed E-state index contributed by atoms with van der Waals surface area (Å²) >= 11 is 0. The molecule has 1 rings (SSSR count). The van der Waals surface area contributed by atoms with Gasteiger partial charge in [0.25, 0.3) is 0 Å². The molecule has 0 radical (unpaired) electrons. The van der Waals surface area contributed by atoms with Crippen LogP contribution in [0.15, 0.2) is 17.1 Å². The summed E-state index contributed by atoms with van der Waals surface area (Å²) in [5, 5.41) is 2.46. The molecule has 1 aliphatic heterocycles. The molecular weight excluding hydrogens is 118 g/mol. The lowest BCUT2D eigenvalue weighted by Crippen LogP contribution is -2.34. The monoisotopic (exact) mass is 125 g/mol. The van der Waals surface area contributed by atoms with Gasteiger partial charge >= 0.3 is 6.03 Å². The average molecular weight is 125 g/mol. The van der Waals surface area contributed by atoms with Crippen LogP contribution in [0, 0.1) is 0 Å². The number of hydrogen-bond acceptors (Lipinski definition) is 2. The van der Waals surface area contributed by atoms with Crippen molar-refractivity contribution in [2.24, 2.45) is 10.7 Å². The summed E-state index contributed by atoms with van der Waals surface area (Å²) in [6, 6.07) is -0.389. The second-order valence-corrected chi connectivity index (χ2v) is 1.76. The van der Waals surface area contributed by atoms with Gasteiger partial charge < -0.3 is 11.1 Å². The fourth-order valence-electron chi connectivity index (χ4n) is 0.501. The van der Waals surface area contributed by atoms with Crippen LogP contribution in [0.3, 0.4) is 0 Å². The minimum Gasteiger partial charge on any atom is -0.383 e. The van der Waals surface area contributed by atoms with Gasteiger partial charge in [-0.2, -0.15) is 4.99 Å². The molecule has 1 aliphatic rings. The minimum atomic E-state index is -0.389. The van der Waals surface area contributed by atoms with Gasteiger partial charge in [0.2, 0.25) is 0 Å². The smallest absolute Gasteiger partial charge is 0.343 e. The standard InChI is InChI=1S/C5H7N3O/c1-3-2-7-5(9)8-4(3)6/h1-2H2,(H3,6,7,8,9). The fraction of sp³-hybridized carbons (Fsp3) is 0.200. The highest BCUT2D eigenvalue weighted by atomic mass is 16.2. The third-order valence-corrected chi connectivity index (χ3v) is 1.04. The van der Waals surface area contributed by atoms with Crippen molar-refractivity contribution in [1.82, 2.24) is 5.32 Å². The predicted octanol–water partition coefficient (Wildman–Crippen LogP) is -0.377. The Morgan fingerprint density at radius 2 is 2.44 bits per heavy atom. The van der Waals surface area contributed by atoms with Gasteiger partial charge in [-0.05, 0) is 0 Å². The van der Waals surface area contributed by atoms with E-state index in [2.05, 4.69) is 16.9 Å². The normalized spacial score (nSPS) is 18.9. The van der Waals surface area contributed by atoms with Crippen LogP contribution < -0.4 is 11.1 Å². The first kappa shape index (κ1) is 5.81. The molecule has 3 N–H and O–H groups in total. The molecule has 0 aromatic rings. The molecule has 0 saturated heterocycles. The number of amidine groups is 1. The van der Waals surface area contributed by atoms with Gasteiger partial charge in [0.15, 0.2) is 0 Å². The predicted molar refractivity (Wildman–Crippen MR) is 34.2 cm³/mol. The fourth-order valence-corrected chi connectivity index (χ4v) is 0.501. The van der Waals surface area contributed by atoms with Crippen LogP contribution in [0.25, 0.3) is 0 Å². The largest absolute Gasteiger partial charge is 0.383 e. The molecule has 0 aliphatic carbocycles. The Balaban J connectivity index is 2.84. The SMILES string of the molecule is C=C1CNC(=O)N=C1N. The van der Waals surface area contributed by atoms with E-state index in [9.17, 15) is 4.79 Å². The minimum absolute atomic E-state index is 0.235. The number of urea groups is 1. The Morgan fingerprint density at radius 1 is 1.78 bits per heavy atom. The molecule has 0 aromatic carbocycles. The average Bonchev–Trinajstić information content (AvgIpc) is 1.80. The Kier molecular flexibility index (Phi) is 1.22. The quantitative estimate of drug-likeness (QED) is 0.463. The molecule has 48 valence electrons. The molecule has 0 fully saturated rings. The Morgan fingerprint density at radius 3 is 2.89 bits per heavy atom. The maximum Gasteiger partial charge on any atom is 0.343 e. The molecule has 0 aromatic heterocycles. The molecule has 0 spiro atoms. The molecule has 2 amide bonds. The van der Waals surface area contributed by atoms with E-state index in [1.165, 1.54) is 0 Å². The molecule has 0 bridgehead atoms. The Bertz CT molecular complexity index is 194. The number of carbonyl (C=O) groups is 1. The number of nitrogens with two attached hydrogens (primary N) is 1. The van der Waals surface area contributed by atoms with Crippen LogP contribution in [0.2, 0.25) is 0 Å². The first-order valence-electron chi connectivity index (χ1n) is 2.50. The number of rotatable bonds is 0. The van der Waals surface area contributed by atoms with Gasteiger partial charge in [-0.3, -0.25) is 0 Å². The molecule has 0 atom stereocenters. The first-order valence-corrected chi connectivity index (χ1v) is 2.50. The number of nitrogens with one attached hydrogen (secondary N) is 1. The summed E-state index contributed by atoms with van der Waals surface area (Å²) < 4.78 is 0. The van der Waals surface area contributed by atoms with Crippen molar-refractivity contribution in [2.45, 2.75) is 0 Å². The first-order chi connectivity index (χ1) is 4.20. The van der Waals surface area contributed by atoms with Crippen LogP contribution in [-0.2, 0) is 0 Å². The second-order valence-electron chi connectivity index (χ2n) is 1.76. The summed E-state index contributed by atoms with van der Waals surface area (Å²) in [4.78, 5) is 13.8. The molecule has 4 nitrogen and oxygen atoms in total. The van der Waals surface area contributed by atoms with Crippen molar-refractivity contribution in [1.29, 1.82) is 0 Å². The number of amides is 2. The van der Waals surface area contributed by atoms with Crippen molar-refractivity contribution >= 4 is 11.9 Å². The molecular formula is C5H7N3O. The van der Waals surface area contributed by atoms with E-state index in [1.807, 2.05) is 0 Å². The van der Waals surface area contributed by atoms with Crippen LogP contribution in [0.5, 0.6) is 0 Å². The molecule has 1 heterocycles. The van der Waals surface area contributed by atoms with Gasteiger partial charge in [-0.25, -0.2) is 4.79 Å². The van der Waals surface area contributed by atoms with Crippen LogP contribution in [0.4, 0.5) is 4.79 Å². The van der Waals surface area contributed by atoms with E-state index < -0.39 is 0 Å². The highest BCUT2D eigenvalue weighted by molar-refractivity contribution is 6.05. The summed E-state index contributed by atoms with van der Waals surface area (Å²) in [7, 11) is 0. The third kappa shape index (κ3) is 1.07. The summed E-state index contributed by atoms with van der Waals surface area (Å²) in [5.74, 6) is 0.235. The number of hydrogen-bond donors (Lipinski definition) is 2. The zero-order valence-corrected chi connectivity index (χ0v) is 4.85. The van der Waals surface area contributed by atoms with Crippen molar-refractivity contribution < 1.29 is 4.79 Å². The Hall–Kier alpha value is -1.32. The van der Waals surface area contributed by atoms with Crippen molar-refractivity contribution in [3.05, 3.63) is 12.2 Å². The summed E-state index contributed by atoms with van der Waals surface area (Å²) in [5.41, 5.74) is 5.92. The van der Waals surface area contributed by atoms with Crippen molar-refractivity contribution in [3.8, 4) is 0 Å². The van der Waals surface area contributed by atoms with E-state index in [1.54, 1.807) is 0 Å². The van der Waals surface area contributed by atoms with E-state index in [0.717, 1.165) is 0 Å². The maximum atomic E-state index is 10.4. The van der Waals surface area contributed by atoms with E-state index in [-0.39, 0.29) is 11.9 Å². The highest BCUT2D eigenvalue weighted by Crippen LogP contribution is 1.94. The topological polar surface area (TPSA) is 67.5 Å². The van der Waals surface area contributed by atoms with E-state index in [0.29, 0.717) is 12.1 Å². The van der Waals surface area contributed by atoms with Gasteiger partial charge in [0.1, 0.15) is 5.84 Å². The van der Waals surface area contributed by atoms with Gasteiger partial charge in [0.05, 0.1) is 0 Å². The van der Waals surface area contributed by atoms with Crippen molar-refractivity contribution in [2.75, 3.05) is 6.54 Å². The Labute approximate surface area is 52.5 Å². The summed E-state index contributed by atoms with van der Waals surface area (Å²) in [6.07, 6.45) is 0. The molecule has 9 heavy (non-hydrogen) atoms. The third-order valence-electron chi connectivity index (χ3n) is 1.04. The lowest BCUT2D eigenvalue weighted by Gasteiger charge is -2.10. The van der Waals surface area contributed by atoms with Crippen molar-refractivity contribution in [3.63, 3.8) is 0 Å².